The molecule has 0 aliphatic carbocycles. The predicted octanol–water partition coefficient (Wildman–Crippen LogP) is 3.81. The molecule has 3 rings (SSSR count). The van der Waals surface area contributed by atoms with Crippen LogP contribution in [-0.4, -0.2) is 47.5 Å². The molecule has 0 atom stereocenters. The van der Waals surface area contributed by atoms with E-state index >= 15 is 0 Å². The number of hydrogen-bond donors (Lipinski definition) is 0. The molecule has 146 valence electrons. The summed E-state index contributed by atoms with van der Waals surface area (Å²) >= 11 is 3.00. The highest BCUT2D eigenvalue weighted by Gasteiger charge is 2.28. The Morgan fingerprint density at radius 2 is 1.82 bits per heavy atom. The standard InChI is InChI=1S/C21H23N3O2S2/c1-15-4-8-17(9-5-15)24-19(25)12-22-21(24)28-14-20(26)23(2)13-16-6-10-18(27-3)11-7-16/h4-11H,12-14H2,1-3H3. The largest absolute Gasteiger partial charge is 0.341 e. The summed E-state index contributed by atoms with van der Waals surface area (Å²) in [5.41, 5.74) is 3.01. The summed E-state index contributed by atoms with van der Waals surface area (Å²) in [7, 11) is 1.80. The van der Waals surface area contributed by atoms with Gasteiger partial charge in [0, 0.05) is 18.5 Å². The lowest BCUT2D eigenvalue weighted by Gasteiger charge is -2.20. The molecule has 0 radical (unpaired) electrons. The van der Waals surface area contributed by atoms with Crippen LogP contribution in [0.2, 0.25) is 0 Å². The fraction of sp³-hybridized carbons (Fsp3) is 0.286. The quantitative estimate of drug-likeness (QED) is 0.676. The number of rotatable bonds is 6. The SMILES string of the molecule is CSc1ccc(CN(C)C(=O)CSC2=NCC(=O)N2c2ccc(C)cc2)cc1. The minimum absolute atomic E-state index is 0.00449. The molecular formula is C21H23N3O2S2. The van der Waals surface area contributed by atoms with Gasteiger partial charge in [-0.25, -0.2) is 0 Å². The third-order valence-electron chi connectivity index (χ3n) is 4.41. The molecule has 2 amide bonds. The summed E-state index contributed by atoms with van der Waals surface area (Å²) in [6.45, 7) is 2.69. The zero-order chi connectivity index (χ0) is 20.1. The Balaban J connectivity index is 1.58. The van der Waals surface area contributed by atoms with Gasteiger partial charge in [-0.3, -0.25) is 19.5 Å². The smallest absolute Gasteiger partial charge is 0.254 e. The molecular weight excluding hydrogens is 390 g/mol. The van der Waals surface area contributed by atoms with Gasteiger partial charge < -0.3 is 4.90 Å². The molecule has 0 unspecified atom stereocenters. The van der Waals surface area contributed by atoms with Gasteiger partial charge in [-0.15, -0.1) is 11.8 Å². The van der Waals surface area contributed by atoms with Gasteiger partial charge in [0.25, 0.3) is 5.91 Å². The maximum atomic E-state index is 12.5. The Morgan fingerprint density at radius 1 is 1.14 bits per heavy atom. The molecule has 28 heavy (non-hydrogen) atoms. The molecule has 0 bridgehead atoms. The molecule has 2 aromatic carbocycles. The summed E-state index contributed by atoms with van der Waals surface area (Å²) in [4.78, 5) is 33.6. The number of benzene rings is 2. The van der Waals surface area contributed by atoms with E-state index in [1.807, 2.05) is 49.6 Å². The predicted molar refractivity (Wildman–Crippen MR) is 118 cm³/mol. The molecule has 0 spiro atoms. The Labute approximate surface area is 174 Å². The van der Waals surface area contributed by atoms with Crippen LogP contribution in [0, 0.1) is 6.92 Å². The number of carbonyl (C=O) groups excluding carboxylic acids is 2. The van der Waals surface area contributed by atoms with Crippen molar-refractivity contribution >= 4 is 46.2 Å². The van der Waals surface area contributed by atoms with E-state index in [1.54, 1.807) is 28.6 Å². The van der Waals surface area contributed by atoms with E-state index in [-0.39, 0.29) is 24.1 Å². The van der Waals surface area contributed by atoms with Gasteiger partial charge in [0.15, 0.2) is 5.17 Å². The van der Waals surface area contributed by atoms with Crippen molar-refractivity contribution in [3.63, 3.8) is 0 Å². The third-order valence-corrected chi connectivity index (χ3v) is 6.12. The van der Waals surface area contributed by atoms with Gasteiger partial charge in [0.05, 0.1) is 11.4 Å². The molecule has 0 aromatic heterocycles. The van der Waals surface area contributed by atoms with Crippen molar-refractivity contribution in [3.8, 4) is 0 Å². The van der Waals surface area contributed by atoms with Crippen LogP contribution in [0.5, 0.6) is 0 Å². The number of amides is 2. The van der Waals surface area contributed by atoms with Crippen LogP contribution in [-0.2, 0) is 16.1 Å². The number of carbonyl (C=O) groups is 2. The van der Waals surface area contributed by atoms with Gasteiger partial charge in [-0.1, -0.05) is 41.6 Å². The van der Waals surface area contributed by atoms with Crippen LogP contribution in [0.25, 0.3) is 0 Å². The van der Waals surface area contributed by atoms with E-state index in [4.69, 9.17) is 0 Å². The summed E-state index contributed by atoms with van der Waals surface area (Å²) in [5, 5.41) is 0.583. The van der Waals surface area contributed by atoms with Crippen LogP contribution < -0.4 is 4.90 Å². The van der Waals surface area contributed by atoms with Crippen molar-refractivity contribution < 1.29 is 9.59 Å². The van der Waals surface area contributed by atoms with E-state index in [9.17, 15) is 9.59 Å². The molecule has 5 nitrogen and oxygen atoms in total. The van der Waals surface area contributed by atoms with Gasteiger partial charge >= 0.3 is 0 Å². The fourth-order valence-corrected chi connectivity index (χ4v) is 4.14. The summed E-state index contributed by atoms with van der Waals surface area (Å²) < 4.78 is 0. The highest BCUT2D eigenvalue weighted by Crippen LogP contribution is 2.24. The van der Waals surface area contributed by atoms with Crippen molar-refractivity contribution in [3.05, 3.63) is 59.7 Å². The number of aliphatic imine (C=N–C) groups is 1. The topological polar surface area (TPSA) is 53.0 Å². The van der Waals surface area contributed by atoms with Gasteiger partial charge in [0.2, 0.25) is 5.91 Å². The first kappa shape index (κ1) is 20.5. The van der Waals surface area contributed by atoms with E-state index in [2.05, 4.69) is 17.1 Å². The van der Waals surface area contributed by atoms with Gasteiger partial charge in [-0.05, 0) is 43.0 Å². The normalized spacial score (nSPS) is 13.6. The number of amidine groups is 1. The summed E-state index contributed by atoms with van der Waals surface area (Å²) in [5.74, 6) is 0.180. The second kappa shape index (κ2) is 9.30. The van der Waals surface area contributed by atoms with E-state index in [1.165, 1.54) is 16.7 Å². The summed E-state index contributed by atoms with van der Waals surface area (Å²) in [6, 6.07) is 15.9. The lowest BCUT2D eigenvalue weighted by molar-refractivity contribution is -0.127. The molecule has 0 N–H and O–H groups in total. The first-order valence-electron chi connectivity index (χ1n) is 8.91. The van der Waals surface area contributed by atoms with Crippen LogP contribution in [0.1, 0.15) is 11.1 Å². The Hall–Kier alpha value is -2.25. The number of nitrogens with zero attached hydrogens (tertiary/aromatic N) is 3. The van der Waals surface area contributed by atoms with Crippen LogP contribution in [0.15, 0.2) is 58.4 Å². The van der Waals surface area contributed by atoms with Crippen LogP contribution in [0.3, 0.4) is 0 Å². The van der Waals surface area contributed by atoms with Gasteiger partial charge in [-0.2, -0.15) is 0 Å². The minimum Gasteiger partial charge on any atom is -0.341 e. The molecule has 7 heteroatoms. The Morgan fingerprint density at radius 3 is 2.46 bits per heavy atom. The number of aryl methyl sites for hydroxylation is 1. The summed E-state index contributed by atoms with van der Waals surface area (Å²) in [6.07, 6.45) is 2.04. The van der Waals surface area contributed by atoms with E-state index in [0.717, 1.165) is 16.8 Å². The monoisotopic (exact) mass is 413 g/mol. The molecule has 0 fully saturated rings. The first-order valence-corrected chi connectivity index (χ1v) is 11.1. The minimum atomic E-state index is -0.0685. The Kier molecular flexibility index (Phi) is 6.80. The zero-order valence-electron chi connectivity index (χ0n) is 16.2. The fourth-order valence-electron chi connectivity index (χ4n) is 2.77. The second-order valence-corrected chi connectivity index (χ2v) is 8.37. The molecule has 2 aromatic rings. The second-order valence-electron chi connectivity index (χ2n) is 6.55. The van der Waals surface area contributed by atoms with Crippen molar-refractivity contribution in [1.29, 1.82) is 0 Å². The van der Waals surface area contributed by atoms with Crippen molar-refractivity contribution in [2.24, 2.45) is 4.99 Å². The highest BCUT2D eigenvalue weighted by molar-refractivity contribution is 8.14. The van der Waals surface area contributed by atoms with Crippen molar-refractivity contribution in [2.45, 2.75) is 18.4 Å². The highest BCUT2D eigenvalue weighted by atomic mass is 32.2. The van der Waals surface area contributed by atoms with E-state index in [0.29, 0.717) is 11.7 Å². The first-order chi connectivity index (χ1) is 13.5. The van der Waals surface area contributed by atoms with E-state index < -0.39 is 0 Å². The third kappa shape index (κ3) is 4.97. The molecule has 1 aliphatic rings. The van der Waals surface area contributed by atoms with Crippen molar-refractivity contribution in [2.75, 3.05) is 30.5 Å². The lowest BCUT2D eigenvalue weighted by atomic mass is 10.2. The number of hydrogen-bond acceptors (Lipinski definition) is 5. The van der Waals surface area contributed by atoms with Crippen LogP contribution in [0.4, 0.5) is 5.69 Å². The molecule has 1 aliphatic heterocycles. The maximum absolute atomic E-state index is 12.5. The van der Waals surface area contributed by atoms with Crippen molar-refractivity contribution in [1.82, 2.24) is 4.90 Å². The average Bonchev–Trinajstić information content (AvgIpc) is 3.07. The zero-order valence-corrected chi connectivity index (χ0v) is 17.8. The molecule has 0 saturated heterocycles. The maximum Gasteiger partial charge on any atom is 0.254 e. The number of anilines is 1. The Bertz CT molecular complexity index is 880. The number of thioether (sulfide) groups is 2. The van der Waals surface area contributed by atoms with Crippen LogP contribution >= 0.6 is 23.5 Å². The lowest BCUT2D eigenvalue weighted by Crippen LogP contribution is -2.33. The molecule has 0 saturated carbocycles. The van der Waals surface area contributed by atoms with Gasteiger partial charge in [0.1, 0.15) is 6.54 Å². The molecule has 1 heterocycles. The average molecular weight is 414 g/mol.